The molecule has 336 valence electrons. The maximum atomic E-state index is 9.91. The average molecular weight is 899 g/mol. The lowest BCUT2D eigenvalue weighted by Gasteiger charge is -2.18. The van der Waals surface area contributed by atoms with Crippen molar-refractivity contribution in [1.82, 2.24) is 15.0 Å². The van der Waals surface area contributed by atoms with Crippen molar-refractivity contribution < 1.29 is 20.9 Å². The summed E-state index contributed by atoms with van der Waals surface area (Å²) in [6.45, 7) is 1.81. The maximum absolute atomic E-state index is 9.91. The molecule has 0 spiro atoms. The Morgan fingerprint density at radius 1 is 0.515 bits per heavy atom. The Morgan fingerprint density at radius 3 is 1.56 bits per heavy atom. The first-order valence-electron chi connectivity index (χ1n) is 29.7. The summed E-state index contributed by atoms with van der Waals surface area (Å²) in [6.07, 6.45) is -7.58. The van der Waals surface area contributed by atoms with Crippen molar-refractivity contribution in [3.63, 3.8) is 0 Å². The van der Waals surface area contributed by atoms with Crippen LogP contribution in [0.25, 0.3) is 55.7 Å². The summed E-state index contributed by atoms with van der Waals surface area (Å²) in [5.74, 6) is -0.231. The van der Waals surface area contributed by atoms with Crippen molar-refractivity contribution in [3.8, 4) is 39.8 Å². The molecule has 11 rings (SSSR count). The van der Waals surface area contributed by atoms with E-state index < -0.39 is 54.9 Å². The third-order valence-corrected chi connectivity index (χ3v) is 13.6. The van der Waals surface area contributed by atoms with E-state index in [9.17, 15) is 21.7 Å². The van der Waals surface area contributed by atoms with Gasteiger partial charge in [0, 0.05) is 68.1 Å². The van der Waals surface area contributed by atoms with Crippen molar-refractivity contribution >= 4 is 21.9 Å². The van der Waals surface area contributed by atoms with Crippen molar-refractivity contribution in [2.45, 2.75) is 108 Å². The summed E-state index contributed by atoms with van der Waals surface area (Å²) < 4.78 is 124. The first kappa shape index (κ1) is 31.7. The van der Waals surface area contributed by atoms with Crippen LogP contribution >= 0.6 is 0 Å². The van der Waals surface area contributed by atoms with Crippen LogP contribution in [0.5, 0.6) is 0 Å². The zero-order chi connectivity index (χ0) is 56.6. The van der Waals surface area contributed by atoms with E-state index in [1.54, 1.807) is 18.2 Å². The lowest BCUT2D eigenvalue weighted by molar-refractivity contribution is 0.666. The van der Waals surface area contributed by atoms with E-state index in [1.165, 1.54) is 24.7 Å². The van der Waals surface area contributed by atoms with Gasteiger partial charge >= 0.3 is 0 Å². The fraction of sp³-hybridized carbons (Fsp3) is 0.270. The van der Waals surface area contributed by atoms with E-state index >= 15 is 0 Å². The number of aromatic nitrogens is 3. The molecule has 4 aromatic heterocycles. The molecule has 5 heteroatoms. The number of benzene rings is 5. The highest BCUT2D eigenvalue weighted by molar-refractivity contribution is 6.10. The van der Waals surface area contributed by atoms with Gasteiger partial charge in [0.1, 0.15) is 11.2 Å². The van der Waals surface area contributed by atoms with Crippen LogP contribution in [0.3, 0.4) is 0 Å². The molecule has 2 fully saturated rings. The average Bonchev–Trinajstić information content (AvgIpc) is 4.34. The highest BCUT2D eigenvalue weighted by atomic mass is 16.3. The Hall–Kier alpha value is -7.16. The molecular weight excluding hydrogens is 829 g/mol. The number of fused-ring (bicyclic) bond motifs is 3. The van der Waals surface area contributed by atoms with E-state index in [1.807, 2.05) is 97.9 Å². The van der Waals surface area contributed by atoms with Crippen molar-refractivity contribution in [2.24, 2.45) is 0 Å². The Labute approximate surface area is 417 Å². The number of nitrogens with zero attached hydrogens (tertiary/aromatic N) is 4. The van der Waals surface area contributed by atoms with Gasteiger partial charge in [-0.3, -0.25) is 15.0 Å². The molecule has 0 aliphatic heterocycles. The van der Waals surface area contributed by atoms with Crippen LogP contribution in [-0.2, 0) is 38.2 Å². The number of pyridine rings is 3. The lowest BCUT2D eigenvalue weighted by Crippen LogP contribution is -2.05. The number of rotatable bonds is 14. The third-order valence-electron chi connectivity index (χ3n) is 13.6. The van der Waals surface area contributed by atoms with Gasteiger partial charge in [-0.15, -0.1) is 0 Å². The van der Waals surface area contributed by atoms with Crippen LogP contribution in [0.1, 0.15) is 135 Å². The van der Waals surface area contributed by atoms with Gasteiger partial charge in [0.2, 0.25) is 0 Å². The molecule has 5 nitrogen and oxygen atoms in total. The van der Waals surface area contributed by atoms with E-state index in [2.05, 4.69) is 21.0 Å². The second-order valence-corrected chi connectivity index (χ2v) is 18.0. The smallest absolute Gasteiger partial charge is 0.144 e. The summed E-state index contributed by atoms with van der Waals surface area (Å²) in [5, 5.41) is 11.3. The van der Waals surface area contributed by atoms with Gasteiger partial charge in [-0.2, -0.15) is 5.26 Å². The quantitative estimate of drug-likeness (QED) is 0.109. The summed E-state index contributed by atoms with van der Waals surface area (Å²) in [7, 11) is 0. The first-order valence-corrected chi connectivity index (χ1v) is 23.7. The zero-order valence-electron chi connectivity index (χ0n) is 49.9. The topological polar surface area (TPSA) is 75.6 Å². The molecular formula is C63H58N4O. The molecule has 9 aromatic rings. The monoisotopic (exact) mass is 899 g/mol. The zero-order valence-corrected chi connectivity index (χ0v) is 37.9. The van der Waals surface area contributed by atoms with E-state index in [-0.39, 0.29) is 28.5 Å². The molecule has 0 unspecified atom stereocenters. The minimum Gasteiger partial charge on any atom is -0.455 e. The molecule has 0 bridgehead atoms. The lowest BCUT2D eigenvalue weighted by atomic mass is 9.88. The molecule has 0 radical (unpaired) electrons. The fourth-order valence-corrected chi connectivity index (χ4v) is 10.0. The molecule has 0 amide bonds. The molecule has 0 saturated heterocycles. The van der Waals surface area contributed by atoms with Crippen LogP contribution in [0.4, 0.5) is 0 Å². The second kappa shape index (κ2) is 19.6. The Morgan fingerprint density at radius 2 is 1.03 bits per heavy atom. The van der Waals surface area contributed by atoms with E-state index in [0.29, 0.717) is 56.1 Å². The van der Waals surface area contributed by atoms with Gasteiger partial charge in [-0.05, 0) is 164 Å². The highest BCUT2D eigenvalue weighted by Gasteiger charge is 2.23. The molecule has 2 aliphatic carbocycles. The van der Waals surface area contributed by atoms with Crippen molar-refractivity contribution in [3.05, 3.63) is 208 Å². The molecule has 0 N–H and O–H groups in total. The van der Waals surface area contributed by atoms with Crippen molar-refractivity contribution in [1.29, 1.82) is 5.26 Å². The fourth-order valence-electron chi connectivity index (χ4n) is 10.0. The standard InChI is InChI=1S/C63H58N4O/c1-42-51(38-64)30-31-55-54-21-12-22-56(63(54)68-62(42)55)59-32-27-43(39-65-59)23-24-44-33-45(25-28-52-40-66-60(49-17-4-2-5-18-49)36-57(52)47-13-8-9-14-47)35-46(34-44)26-29-53-41-67-61(50-19-6-3-7-20-50)37-58(53)48-15-10-11-16-48/h2-7,12,17-22,27,30-37,39-41,47-48H,8-11,13-16,23-26,28-29H2,1H3/i23D2,24D2,25D2,26D2,28D2,29D2. The molecule has 0 atom stereocenters. The minimum absolute atomic E-state index is 0.0185. The molecule has 68 heavy (non-hydrogen) atoms. The molecule has 2 aliphatic rings. The van der Waals surface area contributed by atoms with Gasteiger partial charge in [-0.1, -0.05) is 123 Å². The van der Waals surface area contributed by atoms with Crippen molar-refractivity contribution in [2.75, 3.05) is 0 Å². The van der Waals surface area contributed by atoms with Gasteiger partial charge in [-0.25, -0.2) is 0 Å². The molecule has 4 heterocycles. The van der Waals surface area contributed by atoms with Gasteiger partial charge in [0.05, 0.1) is 28.7 Å². The normalized spacial score (nSPS) is 18.2. The molecule has 2 saturated carbocycles. The summed E-state index contributed by atoms with van der Waals surface area (Å²) in [4.78, 5) is 14.0. The summed E-state index contributed by atoms with van der Waals surface area (Å²) >= 11 is 0. The van der Waals surface area contributed by atoms with Crippen LogP contribution < -0.4 is 0 Å². The largest absolute Gasteiger partial charge is 0.455 e. The first-order chi connectivity index (χ1) is 38.1. The number of hydrogen-bond donors (Lipinski definition) is 0. The van der Waals surface area contributed by atoms with E-state index in [0.717, 1.165) is 91.5 Å². The third kappa shape index (κ3) is 9.13. The SMILES string of the molecule is [2H]C([2H])(c1ccc(-c2cccc3c2oc2c(C)c(C#N)ccc23)nc1)C([2H])([2H])c1cc(C([2H])([2H])C([2H])([2H])c2cnc(-c3ccccc3)cc2C2CCCC2)cc(C([2H])([2H])C([2H])([2H])c2cnc(-c3ccccc3)cc2C2CCCC2)c1. The number of furan rings is 1. The van der Waals surface area contributed by atoms with Crippen LogP contribution in [0, 0.1) is 18.3 Å². The number of nitriles is 1. The van der Waals surface area contributed by atoms with Crippen LogP contribution in [-0.4, -0.2) is 15.0 Å². The van der Waals surface area contributed by atoms with Gasteiger partial charge in [0.25, 0.3) is 0 Å². The van der Waals surface area contributed by atoms with Gasteiger partial charge in [0.15, 0.2) is 0 Å². The second-order valence-electron chi connectivity index (χ2n) is 18.0. The number of aryl methyl sites for hydroxylation is 7. The van der Waals surface area contributed by atoms with Crippen LogP contribution in [0.2, 0.25) is 0 Å². The predicted molar refractivity (Wildman–Crippen MR) is 277 cm³/mol. The highest BCUT2D eigenvalue weighted by Crippen LogP contribution is 2.40. The molecule has 5 aromatic carbocycles. The Kier molecular flexibility index (Phi) is 9.15. The van der Waals surface area contributed by atoms with Crippen LogP contribution in [0.15, 0.2) is 156 Å². The summed E-state index contributed by atoms with van der Waals surface area (Å²) in [6, 6.07) is 39.9. The number of para-hydroxylation sites is 1. The maximum Gasteiger partial charge on any atom is 0.144 e. The van der Waals surface area contributed by atoms with Gasteiger partial charge < -0.3 is 4.42 Å². The Balaban J connectivity index is 1.04. The van der Waals surface area contributed by atoms with E-state index in [4.69, 9.17) is 4.42 Å². The summed E-state index contributed by atoms with van der Waals surface area (Å²) in [5.41, 5.74) is 5.26. The Bertz CT molecular complexity index is 3700. The predicted octanol–water partition coefficient (Wildman–Crippen LogP) is 15.6. The number of hydrogen-bond acceptors (Lipinski definition) is 5. The minimum atomic E-state index is -3.12.